The van der Waals surface area contributed by atoms with E-state index >= 15 is 0 Å². The van der Waals surface area contributed by atoms with Gasteiger partial charge in [-0.3, -0.25) is 0 Å². The molecule has 0 aromatic heterocycles. The molecule has 0 amide bonds. The van der Waals surface area contributed by atoms with Crippen LogP contribution in [0.25, 0.3) is 5.32 Å². The molecule has 1 nitrogen and oxygen atoms in total. The molecule has 0 atom stereocenters. The van der Waals surface area contributed by atoms with Gasteiger partial charge in [-0.05, 0) is 38.5 Å². The van der Waals surface area contributed by atoms with Gasteiger partial charge in [0.15, 0.2) is 0 Å². The van der Waals surface area contributed by atoms with E-state index in [9.17, 15) is 0 Å². The first-order valence-corrected chi connectivity index (χ1v) is 10.2. The van der Waals surface area contributed by atoms with Crippen LogP contribution in [-0.2, 0) is 0 Å². The van der Waals surface area contributed by atoms with Crippen molar-refractivity contribution in [2.75, 3.05) is 6.54 Å². The lowest BCUT2D eigenvalue weighted by atomic mass is 10.2. The van der Waals surface area contributed by atoms with Gasteiger partial charge in [0, 0.05) is 0 Å². The van der Waals surface area contributed by atoms with Crippen molar-refractivity contribution in [2.45, 2.75) is 90.0 Å². The van der Waals surface area contributed by atoms with Gasteiger partial charge in [0.25, 0.3) is 0 Å². The Morgan fingerprint density at radius 3 is 1.67 bits per heavy atom. The first-order valence-electron chi connectivity index (χ1n) is 10.2. The van der Waals surface area contributed by atoms with E-state index in [1.165, 1.54) is 57.8 Å². The molecule has 0 spiro atoms. The third-order valence-electron chi connectivity index (χ3n) is 4.17. The Morgan fingerprint density at radius 1 is 0.667 bits per heavy atom. The van der Waals surface area contributed by atoms with Crippen LogP contribution in [-0.4, -0.2) is 12.6 Å². The molecule has 1 fully saturated rings. The molecule has 24 heavy (non-hydrogen) atoms. The van der Waals surface area contributed by atoms with E-state index in [4.69, 9.17) is 0 Å². The topological polar surface area (TPSA) is 14.1 Å². The summed E-state index contributed by atoms with van der Waals surface area (Å²) in [5, 5.41) is 4.60. The van der Waals surface area contributed by atoms with Gasteiger partial charge in [0.05, 0.1) is 0 Å². The molecule has 0 aromatic rings. The van der Waals surface area contributed by atoms with Crippen molar-refractivity contribution in [3.05, 3.63) is 53.9 Å². The van der Waals surface area contributed by atoms with Crippen LogP contribution in [0.1, 0.15) is 84.0 Å². The molecule has 1 heteroatoms. The fourth-order valence-electron chi connectivity index (χ4n) is 2.47. The van der Waals surface area contributed by atoms with Crippen molar-refractivity contribution >= 4 is 0 Å². The van der Waals surface area contributed by atoms with Gasteiger partial charge in [-0.25, -0.2) is 0 Å². The number of hydrogen-bond donors (Lipinski definition) is 0. The Morgan fingerprint density at radius 2 is 1.17 bits per heavy atom. The zero-order chi connectivity index (χ0) is 17.1. The maximum atomic E-state index is 4.60. The minimum atomic E-state index is 0.738. The average molecular weight is 329 g/mol. The maximum absolute atomic E-state index is 4.60. The predicted octanol–water partition coefficient (Wildman–Crippen LogP) is 7.67. The highest BCUT2D eigenvalue weighted by Crippen LogP contribution is 2.27. The normalized spacial score (nSPS) is 15.7. The summed E-state index contributed by atoms with van der Waals surface area (Å²) in [4.78, 5) is 0. The standard InChI is InChI=1S/C23H38N/c1-2-3-4-5-6-7-8-9-10-11-12-13-14-15-16-17-18-19-22-24-23-20-21-23/h6-7,9-10,12-13,15-16,23H,2-5,8,11,14,17-22H2,1H3/q-1. The summed E-state index contributed by atoms with van der Waals surface area (Å²) < 4.78 is 0. The first-order chi connectivity index (χ1) is 11.9. The second-order valence-corrected chi connectivity index (χ2v) is 6.72. The molecule has 1 saturated carbocycles. The van der Waals surface area contributed by atoms with E-state index in [0.717, 1.165) is 31.8 Å². The zero-order valence-electron chi connectivity index (χ0n) is 15.8. The van der Waals surface area contributed by atoms with Crippen LogP contribution in [0.4, 0.5) is 0 Å². The maximum Gasteiger partial charge on any atom is -0.0169 e. The monoisotopic (exact) mass is 328 g/mol. The molecule has 0 saturated heterocycles. The lowest BCUT2D eigenvalue weighted by Gasteiger charge is -2.16. The molecule has 0 radical (unpaired) electrons. The van der Waals surface area contributed by atoms with Gasteiger partial charge >= 0.3 is 0 Å². The van der Waals surface area contributed by atoms with Crippen molar-refractivity contribution in [1.29, 1.82) is 0 Å². The molecule has 1 rings (SSSR count). The number of allylic oxidation sites excluding steroid dienone is 8. The number of nitrogens with zero attached hydrogens (tertiary/aromatic N) is 1. The highest BCUT2D eigenvalue weighted by atomic mass is 14.9. The van der Waals surface area contributed by atoms with Crippen LogP contribution in [0, 0.1) is 0 Å². The second kappa shape index (κ2) is 16.8. The molecular formula is C23H38N-. The van der Waals surface area contributed by atoms with Gasteiger partial charge in [-0.1, -0.05) is 94.1 Å². The van der Waals surface area contributed by atoms with E-state index in [1.54, 1.807) is 0 Å². The summed E-state index contributed by atoms with van der Waals surface area (Å²) in [6, 6.07) is 0.738. The van der Waals surface area contributed by atoms with Crippen molar-refractivity contribution in [2.24, 2.45) is 0 Å². The van der Waals surface area contributed by atoms with E-state index in [1.807, 2.05) is 0 Å². The fourth-order valence-corrected chi connectivity index (χ4v) is 2.47. The summed E-state index contributed by atoms with van der Waals surface area (Å²) in [6.45, 7) is 3.34. The third kappa shape index (κ3) is 15.8. The number of rotatable bonds is 16. The van der Waals surface area contributed by atoms with Crippen LogP contribution < -0.4 is 0 Å². The van der Waals surface area contributed by atoms with Crippen molar-refractivity contribution in [3.8, 4) is 0 Å². The first kappa shape index (κ1) is 21.0. The molecule has 0 heterocycles. The zero-order valence-corrected chi connectivity index (χ0v) is 15.8. The number of unbranched alkanes of at least 4 members (excludes halogenated alkanes) is 5. The highest BCUT2D eigenvalue weighted by molar-refractivity contribution is 5.01. The summed E-state index contributed by atoms with van der Waals surface area (Å²) in [5.41, 5.74) is 0. The molecule has 1 aliphatic carbocycles. The van der Waals surface area contributed by atoms with Crippen molar-refractivity contribution in [1.82, 2.24) is 0 Å². The largest absolute Gasteiger partial charge is 0.660 e. The van der Waals surface area contributed by atoms with Crippen molar-refractivity contribution in [3.63, 3.8) is 0 Å². The number of hydrogen-bond acceptors (Lipinski definition) is 0. The van der Waals surface area contributed by atoms with E-state index < -0.39 is 0 Å². The van der Waals surface area contributed by atoms with Crippen LogP contribution in [0.5, 0.6) is 0 Å². The van der Waals surface area contributed by atoms with E-state index in [-0.39, 0.29) is 0 Å². The SMILES string of the molecule is CCCCCC=CCC=CCC=CCC=CCCCC[N-]C1CC1. The lowest BCUT2D eigenvalue weighted by molar-refractivity contribution is 0.728. The minimum Gasteiger partial charge on any atom is -0.660 e. The molecule has 0 aromatic carbocycles. The highest BCUT2D eigenvalue weighted by Gasteiger charge is 2.08. The predicted molar refractivity (Wildman–Crippen MR) is 110 cm³/mol. The van der Waals surface area contributed by atoms with Gasteiger partial charge in [-0.15, -0.1) is 12.6 Å². The Kier molecular flexibility index (Phi) is 14.6. The molecular weight excluding hydrogens is 290 g/mol. The summed E-state index contributed by atoms with van der Waals surface area (Å²) in [5.74, 6) is 0. The van der Waals surface area contributed by atoms with Crippen LogP contribution in [0.3, 0.4) is 0 Å². The van der Waals surface area contributed by atoms with E-state index in [2.05, 4.69) is 60.8 Å². The van der Waals surface area contributed by atoms with Crippen molar-refractivity contribution < 1.29 is 0 Å². The summed E-state index contributed by atoms with van der Waals surface area (Å²) in [6.07, 6.45) is 33.2. The Bertz CT molecular complexity index is 371. The quantitative estimate of drug-likeness (QED) is 0.204. The molecule has 136 valence electrons. The second-order valence-electron chi connectivity index (χ2n) is 6.72. The van der Waals surface area contributed by atoms with Crippen LogP contribution in [0.2, 0.25) is 0 Å². The van der Waals surface area contributed by atoms with Crippen LogP contribution in [0.15, 0.2) is 48.6 Å². The lowest BCUT2D eigenvalue weighted by Crippen LogP contribution is -1.87. The molecule has 0 N–H and O–H groups in total. The van der Waals surface area contributed by atoms with E-state index in [0.29, 0.717) is 0 Å². The van der Waals surface area contributed by atoms with Gasteiger partial charge < -0.3 is 5.32 Å². The molecule has 1 aliphatic rings. The summed E-state index contributed by atoms with van der Waals surface area (Å²) >= 11 is 0. The van der Waals surface area contributed by atoms with Crippen LogP contribution >= 0.6 is 0 Å². The van der Waals surface area contributed by atoms with Gasteiger partial charge in [0.2, 0.25) is 0 Å². The Balaban J connectivity index is 1.80. The van der Waals surface area contributed by atoms with Gasteiger partial charge in [0.1, 0.15) is 0 Å². The fraction of sp³-hybridized carbons (Fsp3) is 0.652. The Hall–Kier alpha value is -1.08. The third-order valence-corrected chi connectivity index (χ3v) is 4.17. The minimum absolute atomic E-state index is 0.738. The summed E-state index contributed by atoms with van der Waals surface area (Å²) in [7, 11) is 0. The Labute approximate surface area is 151 Å². The van der Waals surface area contributed by atoms with Gasteiger partial charge in [-0.2, -0.15) is 0 Å². The molecule has 0 aliphatic heterocycles. The molecule has 0 unspecified atom stereocenters. The average Bonchev–Trinajstić information content (AvgIpc) is 3.41. The smallest absolute Gasteiger partial charge is 0.0169 e. The molecule has 0 bridgehead atoms.